The summed E-state index contributed by atoms with van der Waals surface area (Å²) in [4.78, 5) is 29.9. The van der Waals surface area contributed by atoms with Crippen molar-refractivity contribution in [2.24, 2.45) is 0 Å². The number of alkyl halides is 1. The lowest BCUT2D eigenvalue weighted by atomic mass is 10.1. The smallest absolute Gasteiger partial charge is 0.252 e. The number of likely N-dealkylation sites (tertiary alicyclic amines) is 1. The van der Waals surface area contributed by atoms with E-state index >= 15 is 0 Å². The summed E-state index contributed by atoms with van der Waals surface area (Å²) < 4.78 is 13.4. The summed E-state index contributed by atoms with van der Waals surface area (Å²) in [6.07, 6.45) is 0.223. The highest BCUT2D eigenvalue weighted by Gasteiger charge is 2.35. The number of rotatable bonds is 3. The zero-order chi connectivity index (χ0) is 18.7. The van der Waals surface area contributed by atoms with Gasteiger partial charge in [0.25, 0.3) is 5.91 Å². The molecule has 1 aromatic heterocycles. The van der Waals surface area contributed by atoms with E-state index in [-0.39, 0.29) is 25.1 Å². The third kappa shape index (κ3) is 3.31. The fraction of sp³-hybridized carbons (Fsp3) is 0.278. The minimum atomic E-state index is -1.23. The van der Waals surface area contributed by atoms with Crippen molar-refractivity contribution in [3.05, 3.63) is 41.6 Å². The molecule has 1 saturated heterocycles. The molecule has 1 aromatic carbocycles. The number of nitrogens with one attached hydrogen (secondary N) is 1. The second-order valence-corrected chi connectivity index (χ2v) is 5.91. The minimum absolute atomic E-state index is 0.0118. The third-order valence-corrected chi connectivity index (χ3v) is 4.23. The number of amides is 2. The van der Waals surface area contributed by atoms with E-state index < -0.39 is 24.0 Å². The van der Waals surface area contributed by atoms with Gasteiger partial charge < -0.3 is 10.2 Å². The molecule has 1 N–H and O–H groups in total. The average molecular weight is 351 g/mol. The number of halogens is 1. The molecule has 2 heterocycles. The summed E-state index contributed by atoms with van der Waals surface area (Å²) in [5.74, 6) is -1.02. The van der Waals surface area contributed by atoms with E-state index in [2.05, 4.69) is 10.3 Å². The van der Waals surface area contributed by atoms with E-state index in [9.17, 15) is 14.0 Å². The van der Waals surface area contributed by atoms with Crippen LogP contribution in [0.15, 0.2) is 30.5 Å². The second-order valence-electron chi connectivity index (χ2n) is 5.91. The van der Waals surface area contributed by atoms with Crippen LogP contribution in [0, 0.1) is 22.7 Å². The Kier molecular flexibility index (Phi) is 4.76. The van der Waals surface area contributed by atoms with Crippen molar-refractivity contribution in [1.29, 1.82) is 10.5 Å². The second kappa shape index (κ2) is 7.16. The summed E-state index contributed by atoms with van der Waals surface area (Å²) in [5.41, 5.74) is 1.22. The van der Waals surface area contributed by atoms with Crippen LogP contribution in [0.4, 0.5) is 4.39 Å². The maximum Gasteiger partial charge on any atom is 0.252 e. The van der Waals surface area contributed by atoms with Gasteiger partial charge in [0.05, 0.1) is 41.9 Å². The van der Waals surface area contributed by atoms with Crippen LogP contribution in [0.2, 0.25) is 0 Å². The number of nitriles is 2. The molecule has 2 atom stereocenters. The molecule has 0 bridgehead atoms. The van der Waals surface area contributed by atoms with E-state index in [1.165, 1.54) is 12.3 Å². The summed E-state index contributed by atoms with van der Waals surface area (Å²) in [7, 11) is 0. The monoisotopic (exact) mass is 351 g/mol. The number of hydrogen-bond donors (Lipinski definition) is 1. The SMILES string of the molecule is N#Cc1ccc2nccc(C(=O)NCC(=O)N3CC(F)C[C@H]3C#N)c2c1. The molecule has 1 aliphatic rings. The summed E-state index contributed by atoms with van der Waals surface area (Å²) in [5, 5.41) is 21.0. The van der Waals surface area contributed by atoms with Gasteiger partial charge in [-0.25, -0.2) is 4.39 Å². The first-order valence-electron chi connectivity index (χ1n) is 7.93. The minimum Gasteiger partial charge on any atom is -0.343 e. The van der Waals surface area contributed by atoms with Gasteiger partial charge in [-0.3, -0.25) is 14.6 Å². The van der Waals surface area contributed by atoms with Crippen molar-refractivity contribution in [2.45, 2.75) is 18.6 Å². The van der Waals surface area contributed by atoms with Gasteiger partial charge >= 0.3 is 0 Å². The molecule has 1 aliphatic heterocycles. The summed E-state index contributed by atoms with van der Waals surface area (Å²) in [6, 6.07) is 9.37. The highest BCUT2D eigenvalue weighted by atomic mass is 19.1. The van der Waals surface area contributed by atoms with Gasteiger partial charge in [0.15, 0.2) is 0 Å². The molecule has 1 fully saturated rings. The largest absolute Gasteiger partial charge is 0.343 e. The molecule has 7 nitrogen and oxygen atoms in total. The first kappa shape index (κ1) is 17.3. The van der Waals surface area contributed by atoms with Crippen molar-refractivity contribution in [3.63, 3.8) is 0 Å². The standard InChI is InChI=1S/C18H14FN5O2/c19-12-6-13(8-21)24(10-12)17(25)9-23-18(26)14-3-4-22-16-2-1-11(7-20)5-15(14)16/h1-5,12-13H,6,9-10H2,(H,23,26)/t12?,13-/m0/s1. The molecular formula is C18H14FN5O2. The first-order valence-corrected chi connectivity index (χ1v) is 7.93. The van der Waals surface area contributed by atoms with Gasteiger partial charge in [-0.15, -0.1) is 0 Å². The molecule has 0 spiro atoms. The van der Waals surface area contributed by atoms with Gasteiger partial charge in [-0.2, -0.15) is 10.5 Å². The molecule has 2 amide bonds. The predicted octanol–water partition coefficient (Wildman–Crippen LogP) is 1.30. The number of nitrogens with zero attached hydrogens (tertiary/aromatic N) is 4. The zero-order valence-corrected chi connectivity index (χ0v) is 13.6. The maximum absolute atomic E-state index is 13.4. The van der Waals surface area contributed by atoms with Crippen molar-refractivity contribution in [2.75, 3.05) is 13.1 Å². The fourth-order valence-corrected chi connectivity index (χ4v) is 2.95. The van der Waals surface area contributed by atoms with Gasteiger partial charge in [0.2, 0.25) is 5.91 Å². The normalized spacial score (nSPS) is 19.0. The third-order valence-electron chi connectivity index (χ3n) is 4.23. The number of benzene rings is 1. The lowest BCUT2D eigenvalue weighted by Gasteiger charge is -2.19. The van der Waals surface area contributed by atoms with Crippen LogP contribution in [-0.4, -0.2) is 47.0 Å². The van der Waals surface area contributed by atoms with E-state index in [1.54, 1.807) is 18.2 Å². The quantitative estimate of drug-likeness (QED) is 0.896. The predicted molar refractivity (Wildman–Crippen MR) is 89.4 cm³/mol. The fourth-order valence-electron chi connectivity index (χ4n) is 2.95. The number of carbonyl (C=O) groups excluding carboxylic acids is 2. The Morgan fingerprint density at radius 1 is 1.35 bits per heavy atom. The van der Waals surface area contributed by atoms with E-state index in [0.29, 0.717) is 16.5 Å². The highest BCUT2D eigenvalue weighted by Crippen LogP contribution is 2.20. The van der Waals surface area contributed by atoms with Crippen molar-refractivity contribution in [1.82, 2.24) is 15.2 Å². The van der Waals surface area contributed by atoms with E-state index in [4.69, 9.17) is 10.5 Å². The number of carbonyl (C=O) groups is 2. The van der Waals surface area contributed by atoms with Crippen LogP contribution >= 0.6 is 0 Å². The Bertz CT molecular complexity index is 962. The summed E-state index contributed by atoms with van der Waals surface area (Å²) >= 11 is 0. The Morgan fingerprint density at radius 3 is 2.88 bits per heavy atom. The van der Waals surface area contributed by atoms with Crippen LogP contribution in [0.3, 0.4) is 0 Å². The van der Waals surface area contributed by atoms with Gasteiger partial charge in [-0.05, 0) is 24.3 Å². The maximum atomic E-state index is 13.4. The van der Waals surface area contributed by atoms with Gasteiger partial charge in [-0.1, -0.05) is 0 Å². The van der Waals surface area contributed by atoms with Gasteiger partial charge in [0.1, 0.15) is 12.2 Å². The lowest BCUT2D eigenvalue weighted by molar-refractivity contribution is -0.130. The van der Waals surface area contributed by atoms with Crippen LogP contribution < -0.4 is 5.32 Å². The lowest BCUT2D eigenvalue weighted by Crippen LogP contribution is -2.42. The molecule has 8 heteroatoms. The van der Waals surface area contributed by atoms with Crippen LogP contribution in [0.1, 0.15) is 22.3 Å². The zero-order valence-electron chi connectivity index (χ0n) is 13.6. The molecule has 130 valence electrons. The van der Waals surface area contributed by atoms with E-state index in [0.717, 1.165) is 4.90 Å². The van der Waals surface area contributed by atoms with Gasteiger partial charge in [0, 0.05) is 18.0 Å². The molecule has 26 heavy (non-hydrogen) atoms. The number of fused-ring (bicyclic) bond motifs is 1. The number of hydrogen-bond acceptors (Lipinski definition) is 5. The Labute approximate surface area is 148 Å². The number of aromatic nitrogens is 1. The molecule has 0 saturated carbocycles. The first-order chi connectivity index (χ1) is 12.5. The van der Waals surface area contributed by atoms with Crippen molar-refractivity contribution >= 4 is 22.7 Å². The Hall–Kier alpha value is -3.52. The highest BCUT2D eigenvalue weighted by molar-refractivity contribution is 6.07. The Morgan fingerprint density at radius 2 is 2.15 bits per heavy atom. The Balaban J connectivity index is 1.75. The topological polar surface area (TPSA) is 110 Å². The molecule has 1 unspecified atom stereocenters. The molecule has 0 aliphatic carbocycles. The molecule has 3 rings (SSSR count). The average Bonchev–Trinajstić information content (AvgIpc) is 3.05. The van der Waals surface area contributed by atoms with Crippen LogP contribution in [0.25, 0.3) is 10.9 Å². The molecular weight excluding hydrogens is 337 g/mol. The number of pyridine rings is 1. The van der Waals surface area contributed by atoms with E-state index in [1.807, 2.05) is 12.1 Å². The van der Waals surface area contributed by atoms with Crippen molar-refractivity contribution in [3.8, 4) is 12.1 Å². The molecule has 0 radical (unpaired) electrons. The molecule has 2 aromatic rings. The summed E-state index contributed by atoms with van der Waals surface area (Å²) in [6.45, 7) is -0.484. The van der Waals surface area contributed by atoms with Crippen LogP contribution in [0.5, 0.6) is 0 Å². The van der Waals surface area contributed by atoms with Crippen LogP contribution in [-0.2, 0) is 4.79 Å². The van der Waals surface area contributed by atoms with Crippen molar-refractivity contribution < 1.29 is 14.0 Å².